The number of halogens is 4. The lowest BCUT2D eigenvalue weighted by molar-refractivity contribution is -0.142. The number of likely N-dealkylation sites (tertiary alicyclic amines) is 1. The van der Waals surface area contributed by atoms with Gasteiger partial charge >= 0.3 is 6.18 Å². The number of amides is 4. The molecule has 3 atom stereocenters. The van der Waals surface area contributed by atoms with Gasteiger partial charge in [-0.3, -0.25) is 24.1 Å². The highest BCUT2D eigenvalue weighted by molar-refractivity contribution is 6.10. The predicted molar refractivity (Wildman–Crippen MR) is 164 cm³/mol. The van der Waals surface area contributed by atoms with Crippen molar-refractivity contribution in [2.24, 2.45) is 5.92 Å². The van der Waals surface area contributed by atoms with E-state index in [1.807, 2.05) is 6.92 Å². The number of anilines is 3. The summed E-state index contributed by atoms with van der Waals surface area (Å²) in [7, 11) is 1.41. The Morgan fingerprint density at radius 3 is 2.51 bits per heavy atom. The molecular formula is C32H35F4N7O4. The zero-order valence-electron chi connectivity index (χ0n) is 26.2. The molecule has 1 N–H and O–H groups in total. The average Bonchev–Trinajstić information content (AvgIpc) is 3.31. The normalized spacial score (nSPS) is 24.1. The second-order valence-electron chi connectivity index (χ2n) is 12.9. The molecule has 0 aliphatic carbocycles. The van der Waals surface area contributed by atoms with Crippen molar-refractivity contribution in [2.75, 3.05) is 61.0 Å². The lowest BCUT2D eigenvalue weighted by Gasteiger charge is -2.56. The molecule has 250 valence electrons. The molecule has 1 spiro atoms. The molecule has 2 aromatic rings. The zero-order valence-corrected chi connectivity index (χ0v) is 26.2. The molecule has 1 aromatic heterocycles. The summed E-state index contributed by atoms with van der Waals surface area (Å²) in [6.45, 7) is 7.91. The van der Waals surface area contributed by atoms with Gasteiger partial charge in [-0.15, -0.1) is 0 Å². The highest BCUT2D eigenvalue weighted by Gasteiger charge is 2.51. The Labute approximate surface area is 268 Å². The molecule has 0 saturated carbocycles. The quantitative estimate of drug-likeness (QED) is 0.397. The average molecular weight is 658 g/mol. The van der Waals surface area contributed by atoms with E-state index in [0.29, 0.717) is 26.2 Å². The third-order valence-corrected chi connectivity index (χ3v) is 9.32. The van der Waals surface area contributed by atoms with Crippen LogP contribution in [0.2, 0.25) is 0 Å². The van der Waals surface area contributed by atoms with E-state index in [0.717, 1.165) is 17.0 Å². The lowest BCUT2D eigenvalue weighted by Crippen LogP contribution is -2.79. The maximum atomic E-state index is 15.6. The number of nitrogens with one attached hydrogen (secondary N) is 1. The number of rotatable bonds is 4. The second kappa shape index (κ2) is 11.6. The molecule has 3 saturated heterocycles. The van der Waals surface area contributed by atoms with E-state index < -0.39 is 46.9 Å². The van der Waals surface area contributed by atoms with Gasteiger partial charge in [-0.2, -0.15) is 13.2 Å². The number of para-hydroxylation sites is 1. The summed E-state index contributed by atoms with van der Waals surface area (Å²) in [5.74, 6) is -3.51. The minimum atomic E-state index is -4.71. The van der Waals surface area contributed by atoms with Crippen molar-refractivity contribution < 1.29 is 36.7 Å². The standard InChI is InChI=1S/C32H35F4N7O4/c1-5-25(44)42-16-31(17-42)15-41(12-19(3)38-31)27(46)14-40-13-20-10-26(45)43(24-11-21(32(34,35)36)9-18(2)37-24)28(20)30(47)39(4)23-8-6-7-22(33)29(23)40/h5-9,11,19-20,28,38H,1,10,12-17H2,2-4H3/t19-,20-,28+/m1/s1. The van der Waals surface area contributed by atoms with Crippen LogP contribution in [0.15, 0.2) is 43.0 Å². The molecule has 3 fully saturated rings. The van der Waals surface area contributed by atoms with Crippen LogP contribution in [0.1, 0.15) is 24.6 Å². The SMILES string of the molecule is C=CC(=O)N1CC2(C1)CN(C(=O)CN1C[C@H]3CC(=O)N(c4cc(C(F)(F)F)cc(C)n4)[C@@H]3C(=O)N(C)c3cccc(F)c31)C[C@@H](C)N2. The van der Waals surface area contributed by atoms with E-state index in [1.54, 1.807) is 9.80 Å². The Morgan fingerprint density at radius 1 is 1.13 bits per heavy atom. The van der Waals surface area contributed by atoms with E-state index in [2.05, 4.69) is 16.9 Å². The van der Waals surface area contributed by atoms with Crippen molar-refractivity contribution in [3.05, 3.63) is 60.1 Å². The molecule has 4 aliphatic heterocycles. The van der Waals surface area contributed by atoms with E-state index in [-0.39, 0.29) is 60.3 Å². The van der Waals surface area contributed by atoms with Crippen molar-refractivity contribution in [1.29, 1.82) is 0 Å². The lowest BCUT2D eigenvalue weighted by atomic mass is 9.85. The first-order chi connectivity index (χ1) is 22.1. The number of benzene rings is 1. The fraction of sp³-hybridized carbons (Fsp3) is 0.469. The number of alkyl halides is 3. The third-order valence-electron chi connectivity index (χ3n) is 9.32. The predicted octanol–water partition coefficient (Wildman–Crippen LogP) is 2.34. The number of hydrogen-bond donors (Lipinski definition) is 1. The maximum Gasteiger partial charge on any atom is 0.416 e. The molecule has 11 nitrogen and oxygen atoms in total. The van der Waals surface area contributed by atoms with Gasteiger partial charge in [-0.1, -0.05) is 12.6 Å². The van der Waals surface area contributed by atoms with Crippen LogP contribution in [0.3, 0.4) is 0 Å². The molecule has 5 heterocycles. The number of aryl methyl sites for hydroxylation is 1. The van der Waals surface area contributed by atoms with Crippen LogP contribution in [0.5, 0.6) is 0 Å². The minimum absolute atomic E-state index is 0.0124. The van der Waals surface area contributed by atoms with E-state index in [1.165, 1.54) is 48.0 Å². The molecular weight excluding hydrogens is 622 g/mol. The largest absolute Gasteiger partial charge is 0.416 e. The smallest absolute Gasteiger partial charge is 0.358 e. The molecule has 4 amide bonds. The number of pyridine rings is 1. The van der Waals surface area contributed by atoms with Gasteiger partial charge in [-0.05, 0) is 44.2 Å². The summed E-state index contributed by atoms with van der Waals surface area (Å²) in [5.41, 5.74) is -1.33. The minimum Gasteiger partial charge on any atom is -0.358 e. The van der Waals surface area contributed by atoms with Crippen LogP contribution < -0.4 is 20.0 Å². The first-order valence-electron chi connectivity index (χ1n) is 15.3. The summed E-state index contributed by atoms with van der Waals surface area (Å²) in [6.07, 6.45) is -3.69. The summed E-state index contributed by atoms with van der Waals surface area (Å²) < 4.78 is 56.8. The van der Waals surface area contributed by atoms with Gasteiger partial charge in [0.15, 0.2) is 0 Å². The van der Waals surface area contributed by atoms with E-state index in [4.69, 9.17) is 0 Å². The molecule has 4 aliphatic rings. The molecule has 0 bridgehead atoms. The number of piperazine rings is 1. The molecule has 15 heteroatoms. The van der Waals surface area contributed by atoms with E-state index in [9.17, 15) is 32.3 Å². The summed E-state index contributed by atoms with van der Waals surface area (Å²) >= 11 is 0. The van der Waals surface area contributed by atoms with Crippen LogP contribution in [0.4, 0.5) is 34.8 Å². The third kappa shape index (κ3) is 5.81. The number of carbonyl (C=O) groups excluding carboxylic acids is 4. The van der Waals surface area contributed by atoms with Crippen molar-refractivity contribution in [1.82, 2.24) is 20.1 Å². The first-order valence-corrected chi connectivity index (χ1v) is 15.3. The maximum absolute atomic E-state index is 15.6. The molecule has 1 aromatic carbocycles. The van der Waals surface area contributed by atoms with E-state index >= 15 is 4.39 Å². The number of carbonyl (C=O) groups is 4. The van der Waals surface area contributed by atoms with Crippen molar-refractivity contribution in [3.63, 3.8) is 0 Å². The number of fused-ring (bicyclic) bond motifs is 2. The molecule has 6 rings (SSSR count). The highest BCUT2D eigenvalue weighted by atomic mass is 19.4. The monoisotopic (exact) mass is 657 g/mol. The Kier molecular flexibility index (Phi) is 8.01. The van der Waals surface area contributed by atoms with Gasteiger partial charge in [0, 0.05) is 63.8 Å². The van der Waals surface area contributed by atoms with Crippen LogP contribution in [-0.2, 0) is 25.4 Å². The number of likely N-dealkylation sites (N-methyl/N-ethyl adjacent to an activating group) is 1. The molecule has 0 unspecified atom stereocenters. The molecule has 47 heavy (non-hydrogen) atoms. The number of hydrogen-bond acceptors (Lipinski definition) is 7. The van der Waals surface area contributed by atoms with Gasteiger partial charge in [0.05, 0.1) is 29.0 Å². The van der Waals surface area contributed by atoms with Crippen molar-refractivity contribution in [3.8, 4) is 0 Å². The van der Waals surface area contributed by atoms with Crippen molar-refractivity contribution >= 4 is 40.8 Å². The second-order valence-corrected chi connectivity index (χ2v) is 12.9. The van der Waals surface area contributed by atoms with Crippen LogP contribution >= 0.6 is 0 Å². The summed E-state index contributed by atoms with van der Waals surface area (Å²) in [5, 5.41) is 3.49. The Balaban J connectivity index is 1.32. The van der Waals surface area contributed by atoms with Gasteiger partial charge in [0.1, 0.15) is 17.7 Å². The van der Waals surface area contributed by atoms with Crippen molar-refractivity contribution in [2.45, 2.75) is 44.1 Å². The summed E-state index contributed by atoms with van der Waals surface area (Å²) in [6, 6.07) is 4.42. The number of aromatic nitrogens is 1. The Hall–Kier alpha value is -4.53. The fourth-order valence-electron chi connectivity index (χ4n) is 7.40. The Bertz CT molecular complexity index is 1660. The summed E-state index contributed by atoms with van der Waals surface area (Å²) in [4.78, 5) is 64.7. The number of nitrogens with zero attached hydrogens (tertiary/aromatic N) is 6. The Morgan fingerprint density at radius 2 is 1.83 bits per heavy atom. The van der Waals surface area contributed by atoms with Gasteiger partial charge in [-0.25, -0.2) is 9.37 Å². The van der Waals surface area contributed by atoms with Gasteiger partial charge < -0.3 is 24.9 Å². The van der Waals surface area contributed by atoms with Crippen LogP contribution in [0.25, 0.3) is 0 Å². The fourth-order valence-corrected chi connectivity index (χ4v) is 7.40. The van der Waals surface area contributed by atoms with Crippen LogP contribution in [-0.4, -0.2) is 102 Å². The molecule has 0 radical (unpaired) electrons. The van der Waals surface area contributed by atoms with Gasteiger partial charge in [0.2, 0.25) is 23.6 Å². The zero-order chi connectivity index (χ0) is 34.0. The first kappa shape index (κ1) is 32.4. The highest BCUT2D eigenvalue weighted by Crippen LogP contribution is 2.41. The van der Waals surface area contributed by atoms with Gasteiger partial charge in [0.25, 0.3) is 0 Å². The topological polar surface area (TPSA) is 109 Å². The van der Waals surface area contributed by atoms with Crippen LogP contribution in [0, 0.1) is 18.7 Å².